The lowest BCUT2D eigenvalue weighted by molar-refractivity contribution is 0.192. The predicted octanol–water partition coefficient (Wildman–Crippen LogP) is 3.42. The van der Waals surface area contributed by atoms with E-state index in [-0.39, 0.29) is 24.0 Å². The summed E-state index contributed by atoms with van der Waals surface area (Å²) in [6.45, 7) is 8.80. The maximum Gasteiger partial charge on any atom is 0.193 e. The van der Waals surface area contributed by atoms with Gasteiger partial charge in [-0.2, -0.15) is 0 Å². The van der Waals surface area contributed by atoms with E-state index in [9.17, 15) is 0 Å². The first-order chi connectivity index (χ1) is 10.7. The summed E-state index contributed by atoms with van der Waals surface area (Å²) in [4.78, 5) is 10.8. The van der Waals surface area contributed by atoms with Crippen LogP contribution >= 0.6 is 35.3 Å². The number of fused-ring (bicyclic) bond motifs is 1. The highest BCUT2D eigenvalue weighted by atomic mass is 127. The van der Waals surface area contributed by atoms with E-state index in [0.29, 0.717) is 6.04 Å². The molecule has 0 saturated heterocycles. The van der Waals surface area contributed by atoms with E-state index >= 15 is 0 Å². The third-order valence-electron chi connectivity index (χ3n) is 4.44. The van der Waals surface area contributed by atoms with Crippen LogP contribution in [0.25, 0.3) is 0 Å². The van der Waals surface area contributed by atoms with Crippen LogP contribution in [0.5, 0.6) is 0 Å². The van der Waals surface area contributed by atoms with Crippen molar-refractivity contribution in [1.82, 2.24) is 15.1 Å². The molecule has 6 heteroatoms. The molecular weight excluding hydrogens is 419 g/mol. The van der Waals surface area contributed by atoms with E-state index in [1.54, 1.807) is 4.88 Å². The van der Waals surface area contributed by atoms with Gasteiger partial charge in [-0.05, 0) is 36.8 Å². The summed E-state index contributed by atoms with van der Waals surface area (Å²) in [5.41, 5.74) is 1.52. The molecule has 0 fully saturated rings. The zero-order valence-electron chi connectivity index (χ0n) is 14.8. The molecule has 1 atom stereocenters. The van der Waals surface area contributed by atoms with Gasteiger partial charge in [-0.3, -0.25) is 9.89 Å². The molecule has 1 aromatic rings. The number of rotatable bonds is 6. The van der Waals surface area contributed by atoms with Gasteiger partial charge in [0.05, 0.1) is 0 Å². The Kier molecular flexibility index (Phi) is 9.46. The molecule has 0 bridgehead atoms. The van der Waals surface area contributed by atoms with Crippen LogP contribution in [0.2, 0.25) is 0 Å². The fourth-order valence-corrected chi connectivity index (χ4v) is 3.79. The van der Waals surface area contributed by atoms with Crippen LogP contribution in [0.15, 0.2) is 16.4 Å². The van der Waals surface area contributed by atoms with Gasteiger partial charge in [-0.25, -0.2) is 0 Å². The molecule has 2 heterocycles. The lowest BCUT2D eigenvalue weighted by atomic mass is 10.1. The minimum Gasteiger partial charge on any atom is -0.355 e. The van der Waals surface area contributed by atoms with Crippen LogP contribution in [0, 0.1) is 0 Å². The van der Waals surface area contributed by atoms with E-state index in [4.69, 9.17) is 0 Å². The molecule has 1 N–H and O–H groups in total. The van der Waals surface area contributed by atoms with Crippen LogP contribution in [-0.2, 0) is 13.0 Å². The second-order valence-electron chi connectivity index (χ2n) is 6.14. The molecule has 0 saturated carbocycles. The van der Waals surface area contributed by atoms with Crippen molar-refractivity contribution in [1.29, 1.82) is 0 Å². The zero-order valence-corrected chi connectivity index (χ0v) is 18.0. The Bertz CT molecular complexity index is 489. The van der Waals surface area contributed by atoms with Crippen LogP contribution in [-0.4, -0.2) is 55.5 Å². The topological polar surface area (TPSA) is 30.9 Å². The van der Waals surface area contributed by atoms with E-state index < -0.39 is 0 Å². The number of guanidine groups is 1. The molecule has 4 nitrogen and oxygen atoms in total. The summed E-state index contributed by atoms with van der Waals surface area (Å²) in [5, 5.41) is 5.75. The van der Waals surface area contributed by atoms with Crippen molar-refractivity contribution in [2.45, 2.75) is 45.7 Å². The summed E-state index contributed by atoms with van der Waals surface area (Å²) >= 11 is 1.90. The molecule has 1 aromatic heterocycles. The largest absolute Gasteiger partial charge is 0.355 e. The first kappa shape index (κ1) is 20.7. The number of nitrogens with one attached hydrogen (secondary N) is 1. The van der Waals surface area contributed by atoms with Gasteiger partial charge < -0.3 is 10.2 Å². The highest BCUT2D eigenvalue weighted by Gasteiger charge is 2.21. The van der Waals surface area contributed by atoms with E-state index in [2.05, 4.69) is 52.5 Å². The quantitative estimate of drug-likeness (QED) is 0.410. The smallest absolute Gasteiger partial charge is 0.193 e. The van der Waals surface area contributed by atoms with Gasteiger partial charge in [0.1, 0.15) is 0 Å². The summed E-state index contributed by atoms with van der Waals surface area (Å²) in [6.07, 6.45) is 3.62. The number of nitrogens with zero attached hydrogens (tertiary/aromatic N) is 3. The summed E-state index contributed by atoms with van der Waals surface area (Å²) in [5.74, 6) is 1.01. The van der Waals surface area contributed by atoms with E-state index in [0.717, 1.165) is 25.6 Å². The van der Waals surface area contributed by atoms with Crippen molar-refractivity contribution < 1.29 is 0 Å². The second-order valence-corrected chi connectivity index (χ2v) is 7.14. The number of aliphatic imine (C=N–C) groups is 1. The lowest BCUT2D eigenvalue weighted by Crippen LogP contribution is -2.47. The Morgan fingerprint density at radius 1 is 1.52 bits per heavy atom. The number of hydrogen-bond acceptors (Lipinski definition) is 3. The average molecular weight is 450 g/mol. The van der Waals surface area contributed by atoms with Crippen molar-refractivity contribution in [3.8, 4) is 0 Å². The first-order valence-corrected chi connectivity index (χ1v) is 9.24. The van der Waals surface area contributed by atoms with Gasteiger partial charge in [0.25, 0.3) is 0 Å². The molecule has 1 aliphatic heterocycles. The fourth-order valence-electron chi connectivity index (χ4n) is 2.90. The molecule has 1 unspecified atom stereocenters. The van der Waals surface area contributed by atoms with Crippen molar-refractivity contribution in [3.63, 3.8) is 0 Å². The molecule has 1 aliphatic rings. The van der Waals surface area contributed by atoms with Gasteiger partial charge in [-0.1, -0.05) is 13.3 Å². The molecule has 0 spiro atoms. The third kappa shape index (κ3) is 5.90. The summed E-state index contributed by atoms with van der Waals surface area (Å²) in [7, 11) is 3.99. The molecule has 132 valence electrons. The van der Waals surface area contributed by atoms with E-state index in [1.807, 2.05) is 18.4 Å². The Morgan fingerprint density at radius 2 is 2.30 bits per heavy atom. The summed E-state index contributed by atoms with van der Waals surface area (Å²) < 4.78 is 0. The third-order valence-corrected chi connectivity index (χ3v) is 5.46. The summed E-state index contributed by atoms with van der Waals surface area (Å²) in [6, 6.07) is 2.80. The Hall–Kier alpha value is -0.340. The molecule has 0 aliphatic carbocycles. The van der Waals surface area contributed by atoms with Gasteiger partial charge in [0, 0.05) is 51.2 Å². The maximum atomic E-state index is 4.40. The van der Waals surface area contributed by atoms with Gasteiger partial charge in [0.2, 0.25) is 0 Å². The van der Waals surface area contributed by atoms with Crippen LogP contribution in [0.3, 0.4) is 0 Å². The predicted molar refractivity (Wildman–Crippen MR) is 112 cm³/mol. The standard InChI is InChI=1S/C17H30N4S.HI/c1-5-6-9-20(4)17(18-3)19-12-14(2)21-10-7-16-15(13-21)8-11-22-16;/h8,11,14H,5-7,9-10,12-13H2,1-4H3,(H,18,19);1H. The van der Waals surface area contributed by atoms with Crippen LogP contribution < -0.4 is 5.32 Å². The number of halogens is 1. The zero-order chi connectivity index (χ0) is 15.9. The molecule has 0 amide bonds. The fraction of sp³-hybridized carbons (Fsp3) is 0.706. The van der Waals surface area contributed by atoms with Crippen molar-refractivity contribution in [2.75, 3.05) is 33.7 Å². The highest BCUT2D eigenvalue weighted by molar-refractivity contribution is 14.0. The number of hydrogen-bond donors (Lipinski definition) is 1. The highest BCUT2D eigenvalue weighted by Crippen LogP contribution is 2.24. The van der Waals surface area contributed by atoms with Crippen LogP contribution in [0.4, 0.5) is 0 Å². The Balaban J connectivity index is 0.00000264. The Morgan fingerprint density at radius 3 is 3.00 bits per heavy atom. The monoisotopic (exact) mass is 450 g/mol. The SMILES string of the molecule is CCCCN(C)C(=NC)NCC(C)N1CCc2sccc2C1.I. The molecule has 0 radical (unpaired) electrons. The van der Waals surface area contributed by atoms with Crippen LogP contribution in [0.1, 0.15) is 37.1 Å². The maximum absolute atomic E-state index is 4.40. The van der Waals surface area contributed by atoms with Crippen molar-refractivity contribution in [3.05, 3.63) is 21.9 Å². The van der Waals surface area contributed by atoms with Gasteiger partial charge in [0.15, 0.2) is 5.96 Å². The first-order valence-electron chi connectivity index (χ1n) is 8.36. The number of thiophene rings is 1. The molecule has 0 aromatic carbocycles. The Labute approximate surface area is 162 Å². The van der Waals surface area contributed by atoms with E-state index in [1.165, 1.54) is 31.4 Å². The minimum atomic E-state index is 0. The molecule has 2 rings (SSSR count). The van der Waals surface area contributed by atoms with Crippen molar-refractivity contribution >= 4 is 41.3 Å². The molecule has 23 heavy (non-hydrogen) atoms. The second kappa shape index (κ2) is 10.5. The normalized spacial score (nSPS) is 16.4. The average Bonchev–Trinajstić information content (AvgIpc) is 3.00. The minimum absolute atomic E-state index is 0. The molecular formula is C17H31IN4S. The van der Waals surface area contributed by atoms with Gasteiger partial charge >= 0.3 is 0 Å². The van der Waals surface area contributed by atoms with Gasteiger partial charge in [-0.15, -0.1) is 35.3 Å². The number of unbranched alkanes of at least 4 members (excludes halogenated alkanes) is 1. The lowest BCUT2D eigenvalue weighted by Gasteiger charge is -2.33. The van der Waals surface area contributed by atoms with Crippen molar-refractivity contribution in [2.24, 2.45) is 4.99 Å².